The zero-order valence-corrected chi connectivity index (χ0v) is 12.3. The maximum Gasteiger partial charge on any atom is 0.120 e. The van der Waals surface area contributed by atoms with Gasteiger partial charge in [0.25, 0.3) is 0 Å². The minimum absolute atomic E-state index is 0.297. The minimum Gasteiger partial charge on any atom is -0.508 e. The van der Waals surface area contributed by atoms with Crippen molar-refractivity contribution in [3.63, 3.8) is 0 Å². The number of phenolic OH excluding ortho intramolecular Hbond substituents is 1. The molecule has 2 aromatic carbocycles. The molecular formula is C18H23NO2. The number of rotatable bonds is 5. The Labute approximate surface area is 125 Å². The van der Waals surface area contributed by atoms with Crippen LogP contribution in [0.3, 0.4) is 0 Å². The highest BCUT2D eigenvalue weighted by atomic mass is 16.3. The Kier molecular flexibility index (Phi) is 4.42. The van der Waals surface area contributed by atoms with Crippen LogP contribution in [-0.2, 0) is 6.54 Å². The molecule has 1 saturated carbocycles. The van der Waals surface area contributed by atoms with E-state index in [1.807, 2.05) is 18.2 Å². The molecule has 0 radical (unpaired) electrons. The van der Waals surface area contributed by atoms with Gasteiger partial charge in [-0.25, -0.2) is 0 Å². The van der Waals surface area contributed by atoms with Crippen LogP contribution in [0, 0.1) is 11.8 Å². The van der Waals surface area contributed by atoms with Crippen molar-refractivity contribution in [2.24, 2.45) is 11.8 Å². The van der Waals surface area contributed by atoms with Crippen LogP contribution in [0.4, 0.5) is 0 Å². The third kappa shape index (κ3) is 3.04. The van der Waals surface area contributed by atoms with Gasteiger partial charge in [0.2, 0.25) is 0 Å². The standard InChI is InChI=1S/C18H23NO2/c20-12-15-6-3-5-14(15)10-19-11-17-16-7-2-1-4-13(16)8-9-18(17)21/h1-2,4,7-9,14-15,19-21H,3,5-6,10-12H2. The van der Waals surface area contributed by atoms with Gasteiger partial charge < -0.3 is 15.5 Å². The molecule has 112 valence electrons. The maximum absolute atomic E-state index is 10.1. The highest BCUT2D eigenvalue weighted by Crippen LogP contribution is 2.31. The largest absolute Gasteiger partial charge is 0.508 e. The van der Waals surface area contributed by atoms with Crippen LogP contribution >= 0.6 is 0 Å². The van der Waals surface area contributed by atoms with Gasteiger partial charge in [-0.15, -0.1) is 0 Å². The highest BCUT2D eigenvalue weighted by Gasteiger charge is 2.26. The topological polar surface area (TPSA) is 52.5 Å². The van der Waals surface area contributed by atoms with Gasteiger partial charge in [-0.05, 0) is 48.1 Å². The van der Waals surface area contributed by atoms with Gasteiger partial charge >= 0.3 is 0 Å². The quantitative estimate of drug-likeness (QED) is 0.791. The van der Waals surface area contributed by atoms with E-state index in [4.69, 9.17) is 0 Å². The number of benzene rings is 2. The van der Waals surface area contributed by atoms with Crippen LogP contribution < -0.4 is 5.32 Å². The second kappa shape index (κ2) is 6.46. The molecule has 0 aromatic heterocycles. The Morgan fingerprint density at radius 2 is 1.86 bits per heavy atom. The monoisotopic (exact) mass is 285 g/mol. The Hall–Kier alpha value is -1.58. The van der Waals surface area contributed by atoms with Crippen molar-refractivity contribution in [3.05, 3.63) is 42.0 Å². The second-order valence-electron chi connectivity index (χ2n) is 6.05. The van der Waals surface area contributed by atoms with Crippen molar-refractivity contribution in [2.75, 3.05) is 13.2 Å². The Morgan fingerprint density at radius 1 is 1.05 bits per heavy atom. The molecule has 1 fully saturated rings. The number of phenols is 1. The van der Waals surface area contributed by atoms with Crippen LogP contribution in [0.5, 0.6) is 5.75 Å². The molecule has 2 unspecified atom stereocenters. The van der Waals surface area contributed by atoms with Gasteiger partial charge in [-0.3, -0.25) is 0 Å². The average Bonchev–Trinajstić information content (AvgIpc) is 2.97. The molecule has 1 aliphatic carbocycles. The first kappa shape index (κ1) is 14.4. The first-order chi connectivity index (χ1) is 10.3. The van der Waals surface area contributed by atoms with Gasteiger partial charge in [0.05, 0.1) is 0 Å². The molecule has 21 heavy (non-hydrogen) atoms. The maximum atomic E-state index is 10.1. The molecule has 1 aliphatic rings. The van der Waals surface area contributed by atoms with E-state index in [1.165, 1.54) is 12.8 Å². The van der Waals surface area contributed by atoms with Gasteiger partial charge in [-0.2, -0.15) is 0 Å². The summed E-state index contributed by atoms with van der Waals surface area (Å²) in [6.45, 7) is 1.88. The van der Waals surface area contributed by atoms with E-state index >= 15 is 0 Å². The van der Waals surface area contributed by atoms with Crippen molar-refractivity contribution in [2.45, 2.75) is 25.8 Å². The molecular weight excluding hydrogens is 262 g/mol. The lowest BCUT2D eigenvalue weighted by Crippen LogP contribution is -2.26. The normalized spacial score (nSPS) is 22.0. The summed E-state index contributed by atoms with van der Waals surface area (Å²) < 4.78 is 0. The summed E-state index contributed by atoms with van der Waals surface area (Å²) in [6, 6.07) is 11.9. The molecule has 3 heteroatoms. The zero-order chi connectivity index (χ0) is 14.7. The number of aromatic hydroxyl groups is 1. The van der Waals surface area contributed by atoms with Crippen LogP contribution in [-0.4, -0.2) is 23.4 Å². The molecule has 0 saturated heterocycles. The fraction of sp³-hybridized carbons (Fsp3) is 0.444. The summed E-state index contributed by atoms with van der Waals surface area (Å²) in [6.07, 6.45) is 3.55. The smallest absolute Gasteiger partial charge is 0.120 e. The number of aliphatic hydroxyl groups is 1. The number of nitrogens with one attached hydrogen (secondary N) is 1. The van der Waals surface area contributed by atoms with E-state index in [0.717, 1.165) is 29.3 Å². The van der Waals surface area contributed by atoms with Crippen molar-refractivity contribution in [1.29, 1.82) is 0 Å². The Balaban J connectivity index is 1.69. The first-order valence-electron chi connectivity index (χ1n) is 7.80. The lowest BCUT2D eigenvalue weighted by atomic mass is 9.96. The summed E-state index contributed by atoms with van der Waals surface area (Å²) in [7, 11) is 0. The molecule has 3 rings (SSSR count). The van der Waals surface area contributed by atoms with Crippen LogP contribution in [0.2, 0.25) is 0 Å². The van der Waals surface area contributed by atoms with Crippen molar-refractivity contribution in [1.82, 2.24) is 5.32 Å². The van der Waals surface area contributed by atoms with E-state index in [0.29, 0.717) is 30.7 Å². The Morgan fingerprint density at radius 3 is 2.71 bits per heavy atom. The zero-order valence-electron chi connectivity index (χ0n) is 12.3. The number of aliphatic hydroxyl groups excluding tert-OH is 1. The van der Waals surface area contributed by atoms with E-state index in [-0.39, 0.29) is 0 Å². The summed E-state index contributed by atoms with van der Waals surface area (Å²) in [4.78, 5) is 0. The van der Waals surface area contributed by atoms with Crippen molar-refractivity contribution in [3.8, 4) is 5.75 Å². The van der Waals surface area contributed by atoms with Crippen molar-refractivity contribution >= 4 is 10.8 Å². The molecule has 0 bridgehead atoms. The van der Waals surface area contributed by atoms with Gasteiger partial charge in [0, 0.05) is 18.7 Å². The summed E-state index contributed by atoms with van der Waals surface area (Å²) in [5, 5.41) is 25.2. The molecule has 0 aliphatic heterocycles. The number of fused-ring (bicyclic) bond motifs is 1. The average molecular weight is 285 g/mol. The summed E-state index contributed by atoms with van der Waals surface area (Å²) in [5.74, 6) is 1.36. The summed E-state index contributed by atoms with van der Waals surface area (Å²) in [5.41, 5.74) is 0.964. The highest BCUT2D eigenvalue weighted by molar-refractivity contribution is 5.87. The van der Waals surface area contributed by atoms with Gasteiger partial charge in [0.15, 0.2) is 0 Å². The van der Waals surface area contributed by atoms with E-state index in [2.05, 4.69) is 17.4 Å². The van der Waals surface area contributed by atoms with Crippen LogP contribution in [0.1, 0.15) is 24.8 Å². The molecule has 0 heterocycles. The fourth-order valence-corrected chi connectivity index (χ4v) is 3.52. The van der Waals surface area contributed by atoms with Gasteiger partial charge in [0.1, 0.15) is 5.75 Å². The lowest BCUT2D eigenvalue weighted by Gasteiger charge is -2.18. The van der Waals surface area contributed by atoms with Crippen LogP contribution in [0.25, 0.3) is 10.8 Å². The van der Waals surface area contributed by atoms with E-state index in [1.54, 1.807) is 6.07 Å². The lowest BCUT2D eigenvalue weighted by molar-refractivity contribution is 0.192. The van der Waals surface area contributed by atoms with Crippen molar-refractivity contribution < 1.29 is 10.2 Å². The summed E-state index contributed by atoms with van der Waals surface area (Å²) >= 11 is 0. The number of hydrogen-bond acceptors (Lipinski definition) is 3. The molecule has 0 spiro atoms. The van der Waals surface area contributed by atoms with Crippen LogP contribution in [0.15, 0.2) is 36.4 Å². The van der Waals surface area contributed by atoms with E-state index in [9.17, 15) is 10.2 Å². The Bertz CT molecular complexity index is 611. The van der Waals surface area contributed by atoms with E-state index < -0.39 is 0 Å². The SMILES string of the molecule is OCC1CCCC1CNCc1c(O)ccc2ccccc12. The molecule has 2 atom stereocenters. The third-order valence-electron chi connectivity index (χ3n) is 4.78. The minimum atomic E-state index is 0.297. The predicted octanol–water partition coefficient (Wildman–Crippen LogP) is 3.04. The molecule has 2 aromatic rings. The number of hydrogen-bond donors (Lipinski definition) is 3. The first-order valence-corrected chi connectivity index (χ1v) is 7.80. The predicted molar refractivity (Wildman–Crippen MR) is 85.2 cm³/mol. The van der Waals surface area contributed by atoms with Gasteiger partial charge in [-0.1, -0.05) is 36.8 Å². The second-order valence-corrected chi connectivity index (χ2v) is 6.05. The molecule has 3 nitrogen and oxygen atoms in total. The molecule has 3 N–H and O–H groups in total. The fourth-order valence-electron chi connectivity index (χ4n) is 3.52. The molecule has 0 amide bonds. The third-order valence-corrected chi connectivity index (χ3v) is 4.78.